The van der Waals surface area contributed by atoms with Gasteiger partial charge in [0, 0.05) is 24.2 Å². The molecule has 2 aliphatic heterocycles. The van der Waals surface area contributed by atoms with Crippen LogP contribution in [0.1, 0.15) is 36.8 Å². The van der Waals surface area contributed by atoms with Crippen molar-refractivity contribution in [3.05, 3.63) is 29.3 Å². The Hall–Kier alpha value is -1.55. The van der Waals surface area contributed by atoms with Crippen LogP contribution in [-0.2, 0) is 9.53 Å². The fourth-order valence-corrected chi connectivity index (χ4v) is 3.68. The van der Waals surface area contributed by atoms with Gasteiger partial charge in [-0.2, -0.15) is 0 Å². The van der Waals surface area contributed by atoms with Crippen molar-refractivity contribution in [1.29, 1.82) is 0 Å². The fraction of sp³-hybridized carbons (Fsp3) is 0.588. The molecular formula is C17H24N2O2. The van der Waals surface area contributed by atoms with E-state index in [1.165, 1.54) is 16.8 Å². The molecule has 114 valence electrons. The van der Waals surface area contributed by atoms with Gasteiger partial charge in [-0.25, -0.2) is 0 Å². The molecule has 1 N–H and O–H groups in total. The summed E-state index contributed by atoms with van der Waals surface area (Å²) < 4.78 is 5.16. The first-order valence-corrected chi connectivity index (χ1v) is 7.94. The topological polar surface area (TPSA) is 41.6 Å². The number of anilines is 1. The summed E-state index contributed by atoms with van der Waals surface area (Å²) in [4.78, 5) is 14.2. The predicted molar refractivity (Wildman–Crippen MR) is 83.8 cm³/mol. The third kappa shape index (κ3) is 2.77. The van der Waals surface area contributed by atoms with E-state index < -0.39 is 0 Å². The van der Waals surface area contributed by atoms with Gasteiger partial charge in [-0.05, 0) is 44.9 Å². The van der Waals surface area contributed by atoms with E-state index in [9.17, 15) is 4.79 Å². The van der Waals surface area contributed by atoms with Crippen molar-refractivity contribution in [2.45, 2.75) is 38.6 Å². The summed E-state index contributed by atoms with van der Waals surface area (Å²) in [5, 5.41) is 3.54. The van der Waals surface area contributed by atoms with Gasteiger partial charge in [-0.15, -0.1) is 0 Å². The van der Waals surface area contributed by atoms with Crippen molar-refractivity contribution >= 4 is 11.7 Å². The van der Waals surface area contributed by atoms with Gasteiger partial charge in [0.1, 0.15) is 6.54 Å². The average Bonchev–Trinajstić information content (AvgIpc) is 2.64. The highest BCUT2D eigenvalue weighted by Crippen LogP contribution is 2.43. The normalized spacial score (nSPS) is 24.2. The van der Waals surface area contributed by atoms with Gasteiger partial charge >= 0.3 is 5.97 Å². The number of rotatable bonds is 3. The van der Waals surface area contributed by atoms with Crippen LogP contribution in [0.25, 0.3) is 0 Å². The van der Waals surface area contributed by atoms with E-state index in [-0.39, 0.29) is 5.97 Å². The fourth-order valence-electron chi connectivity index (χ4n) is 3.68. The summed E-state index contributed by atoms with van der Waals surface area (Å²) in [6.07, 6.45) is 2.29. The second-order valence-corrected chi connectivity index (χ2v) is 6.02. The van der Waals surface area contributed by atoms with Crippen LogP contribution in [0, 0.1) is 6.92 Å². The van der Waals surface area contributed by atoms with E-state index in [1.54, 1.807) is 0 Å². The van der Waals surface area contributed by atoms with Gasteiger partial charge in [-0.3, -0.25) is 4.79 Å². The molecule has 21 heavy (non-hydrogen) atoms. The van der Waals surface area contributed by atoms with Crippen LogP contribution in [0.4, 0.5) is 5.69 Å². The van der Waals surface area contributed by atoms with Crippen molar-refractivity contribution in [1.82, 2.24) is 5.32 Å². The number of benzene rings is 1. The van der Waals surface area contributed by atoms with Gasteiger partial charge in [0.25, 0.3) is 0 Å². The Morgan fingerprint density at radius 2 is 2.33 bits per heavy atom. The van der Waals surface area contributed by atoms with Gasteiger partial charge in [-0.1, -0.05) is 17.7 Å². The Morgan fingerprint density at radius 1 is 1.48 bits per heavy atom. The van der Waals surface area contributed by atoms with Crippen LogP contribution in [-0.4, -0.2) is 38.3 Å². The van der Waals surface area contributed by atoms with E-state index in [4.69, 9.17) is 4.74 Å². The number of carbonyl (C=O) groups is 1. The number of hydrogen-bond donors (Lipinski definition) is 1. The molecule has 4 nitrogen and oxygen atoms in total. The quantitative estimate of drug-likeness (QED) is 0.866. The highest BCUT2D eigenvalue weighted by molar-refractivity contribution is 5.78. The lowest BCUT2D eigenvalue weighted by molar-refractivity contribution is -0.141. The highest BCUT2D eigenvalue weighted by Gasteiger charge is 2.39. The largest absolute Gasteiger partial charge is 0.465 e. The zero-order valence-electron chi connectivity index (χ0n) is 12.9. The van der Waals surface area contributed by atoms with Crippen LogP contribution in [0.2, 0.25) is 0 Å². The first-order valence-electron chi connectivity index (χ1n) is 7.94. The van der Waals surface area contributed by atoms with Crippen molar-refractivity contribution in [2.75, 3.05) is 31.1 Å². The Labute approximate surface area is 126 Å². The van der Waals surface area contributed by atoms with Crippen molar-refractivity contribution in [3.63, 3.8) is 0 Å². The number of nitrogens with zero attached hydrogens (tertiary/aromatic N) is 1. The minimum atomic E-state index is -0.123. The molecule has 0 saturated carbocycles. The molecule has 1 fully saturated rings. The zero-order chi connectivity index (χ0) is 14.8. The van der Waals surface area contributed by atoms with E-state index in [2.05, 4.69) is 35.3 Å². The first-order chi connectivity index (χ1) is 10.2. The lowest BCUT2D eigenvalue weighted by Gasteiger charge is -2.28. The van der Waals surface area contributed by atoms with Crippen molar-refractivity contribution in [3.8, 4) is 0 Å². The van der Waals surface area contributed by atoms with Crippen LogP contribution in [0.5, 0.6) is 0 Å². The molecule has 2 aliphatic rings. The van der Waals surface area contributed by atoms with Crippen LogP contribution in [0.3, 0.4) is 0 Å². The zero-order valence-corrected chi connectivity index (χ0v) is 12.9. The lowest BCUT2D eigenvalue weighted by atomic mass is 9.92. The maximum atomic E-state index is 12.0. The maximum Gasteiger partial charge on any atom is 0.325 e. The summed E-state index contributed by atoms with van der Waals surface area (Å²) in [5.74, 6) is 0.360. The van der Waals surface area contributed by atoms with Crippen molar-refractivity contribution in [2.24, 2.45) is 0 Å². The molecule has 1 aromatic carbocycles. The Balaban J connectivity index is 1.92. The van der Waals surface area contributed by atoms with E-state index in [0.717, 1.165) is 25.9 Å². The summed E-state index contributed by atoms with van der Waals surface area (Å²) in [7, 11) is 0. The van der Waals surface area contributed by atoms with E-state index >= 15 is 0 Å². The van der Waals surface area contributed by atoms with Gasteiger partial charge < -0.3 is 15.0 Å². The number of fused-ring (bicyclic) bond motifs is 3. The maximum absolute atomic E-state index is 12.0. The minimum Gasteiger partial charge on any atom is -0.465 e. The Bertz CT molecular complexity index is 530. The first kappa shape index (κ1) is 14.4. The molecule has 0 unspecified atom stereocenters. The molecule has 0 spiro atoms. The number of hydrogen-bond acceptors (Lipinski definition) is 4. The number of aryl methyl sites for hydroxylation is 1. The monoisotopic (exact) mass is 288 g/mol. The van der Waals surface area contributed by atoms with E-state index in [0.29, 0.717) is 25.1 Å². The molecule has 0 aromatic heterocycles. The third-order valence-corrected chi connectivity index (χ3v) is 4.58. The van der Waals surface area contributed by atoms with Crippen LogP contribution in [0.15, 0.2) is 18.2 Å². The van der Waals surface area contributed by atoms with Crippen LogP contribution < -0.4 is 10.2 Å². The third-order valence-electron chi connectivity index (χ3n) is 4.58. The SMILES string of the molecule is CCOC(=O)CN1c2ccc(C)cc2[C@@H]2CNCCC[C@@H]21. The summed E-state index contributed by atoms with van der Waals surface area (Å²) in [5.41, 5.74) is 3.89. The standard InChI is InChI=1S/C17H24N2O2/c1-3-21-17(20)11-19-15-5-4-8-18-10-14(15)13-9-12(2)6-7-16(13)19/h6-7,9,14-15,18H,3-5,8,10-11H2,1-2H3/t14-,15-/m0/s1. The number of esters is 1. The van der Waals surface area contributed by atoms with Gasteiger partial charge in [0.15, 0.2) is 0 Å². The molecule has 1 aromatic rings. The molecule has 0 radical (unpaired) electrons. The molecule has 0 aliphatic carbocycles. The predicted octanol–water partition coefficient (Wildman–Crippen LogP) is 2.21. The smallest absolute Gasteiger partial charge is 0.325 e. The van der Waals surface area contributed by atoms with Gasteiger partial charge in [0.05, 0.1) is 6.61 Å². The molecule has 3 rings (SSSR count). The molecular weight excluding hydrogens is 264 g/mol. The Kier molecular flexibility index (Phi) is 4.15. The van der Waals surface area contributed by atoms with Crippen LogP contribution >= 0.6 is 0 Å². The molecule has 2 atom stereocenters. The summed E-state index contributed by atoms with van der Waals surface area (Å²) in [6.45, 7) is 6.88. The number of nitrogens with one attached hydrogen (secondary N) is 1. The highest BCUT2D eigenvalue weighted by atomic mass is 16.5. The molecule has 2 heterocycles. The molecule has 0 bridgehead atoms. The second kappa shape index (κ2) is 6.06. The minimum absolute atomic E-state index is 0.123. The second-order valence-electron chi connectivity index (χ2n) is 6.02. The molecule has 1 saturated heterocycles. The average molecular weight is 288 g/mol. The van der Waals surface area contributed by atoms with Gasteiger partial charge in [0.2, 0.25) is 0 Å². The lowest BCUT2D eigenvalue weighted by Crippen LogP contribution is -2.39. The summed E-state index contributed by atoms with van der Waals surface area (Å²) in [6, 6.07) is 7.00. The van der Waals surface area contributed by atoms with E-state index in [1.807, 2.05) is 6.92 Å². The van der Waals surface area contributed by atoms with Crippen molar-refractivity contribution < 1.29 is 9.53 Å². The number of ether oxygens (including phenoxy) is 1. The molecule has 4 heteroatoms. The summed E-state index contributed by atoms with van der Waals surface area (Å²) >= 11 is 0. The Morgan fingerprint density at radius 3 is 3.14 bits per heavy atom. The number of carbonyl (C=O) groups excluding carboxylic acids is 1. The molecule has 0 amide bonds.